The Morgan fingerprint density at radius 2 is 1.94 bits per heavy atom. The molecule has 0 aliphatic heterocycles. The lowest BCUT2D eigenvalue weighted by Gasteiger charge is -2.21. The average molecular weight is 247 g/mol. The van der Waals surface area contributed by atoms with Crippen LogP contribution in [0.25, 0.3) is 0 Å². The van der Waals surface area contributed by atoms with E-state index in [1.54, 1.807) is 0 Å². The number of hydrogen-bond donors (Lipinski definition) is 2. The third-order valence-electron chi connectivity index (χ3n) is 2.44. The zero-order valence-corrected chi connectivity index (χ0v) is 12.4. The molecule has 0 aromatic heterocycles. The first-order valence-electron chi connectivity index (χ1n) is 6.40. The molecule has 0 aliphatic carbocycles. The fraction of sp³-hybridized carbons (Fsp3) is 1.00. The van der Waals surface area contributed by atoms with Crippen LogP contribution in [-0.4, -0.2) is 34.3 Å². The zero-order chi connectivity index (χ0) is 12.6. The van der Waals surface area contributed by atoms with Gasteiger partial charge in [-0.15, -0.1) is 0 Å². The Morgan fingerprint density at radius 3 is 2.44 bits per heavy atom. The molecule has 0 saturated heterocycles. The van der Waals surface area contributed by atoms with E-state index in [0.29, 0.717) is 10.8 Å². The third kappa shape index (κ3) is 10.8. The summed E-state index contributed by atoms with van der Waals surface area (Å²) in [5.74, 6) is 1.15. The highest BCUT2D eigenvalue weighted by Crippen LogP contribution is 2.23. The molecule has 0 fully saturated rings. The quantitative estimate of drug-likeness (QED) is 0.647. The minimum absolute atomic E-state index is 0.110. The van der Waals surface area contributed by atoms with E-state index in [0.717, 1.165) is 31.6 Å². The van der Waals surface area contributed by atoms with Gasteiger partial charge in [0.25, 0.3) is 0 Å². The Bertz CT molecular complexity index is 168. The predicted molar refractivity (Wildman–Crippen MR) is 75.2 cm³/mol. The number of thioether (sulfide) groups is 1. The summed E-state index contributed by atoms with van der Waals surface area (Å²) in [5.41, 5.74) is 0. The lowest BCUT2D eigenvalue weighted by Crippen LogP contribution is -2.31. The van der Waals surface area contributed by atoms with Gasteiger partial charge in [0.05, 0.1) is 6.10 Å². The van der Waals surface area contributed by atoms with Crippen LogP contribution in [0.3, 0.4) is 0 Å². The van der Waals surface area contributed by atoms with Crippen molar-refractivity contribution in [2.75, 3.05) is 12.3 Å². The summed E-state index contributed by atoms with van der Waals surface area (Å²) in [4.78, 5) is 0. The SMILES string of the molecule is CCC(O)CCCNC(C)CSC(C)(C)C. The summed E-state index contributed by atoms with van der Waals surface area (Å²) in [6.45, 7) is 12.0. The van der Waals surface area contributed by atoms with E-state index in [2.05, 4.69) is 33.0 Å². The Labute approximate surface area is 106 Å². The molecule has 0 aromatic carbocycles. The van der Waals surface area contributed by atoms with Crippen LogP contribution in [0.4, 0.5) is 0 Å². The first kappa shape index (κ1) is 16.3. The fourth-order valence-corrected chi connectivity index (χ4v) is 2.19. The van der Waals surface area contributed by atoms with Crippen LogP contribution in [0, 0.1) is 0 Å². The van der Waals surface area contributed by atoms with Crippen LogP contribution in [-0.2, 0) is 0 Å². The molecule has 2 nitrogen and oxygen atoms in total. The summed E-state index contributed by atoms with van der Waals surface area (Å²) >= 11 is 2.00. The van der Waals surface area contributed by atoms with E-state index in [9.17, 15) is 5.11 Å². The van der Waals surface area contributed by atoms with Gasteiger partial charge in [0.2, 0.25) is 0 Å². The lowest BCUT2D eigenvalue weighted by atomic mass is 10.1. The van der Waals surface area contributed by atoms with E-state index in [1.165, 1.54) is 0 Å². The maximum absolute atomic E-state index is 9.40. The summed E-state index contributed by atoms with van der Waals surface area (Å²) < 4.78 is 0.356. The Hall–Kier alpha value is 0.270. The van der Waals surface area contributed by atoms with Crippen LogP contribution >= 0.6 is 11.8 Å². The number of rotatable bonds is 8. The van der Waals surface area contributed by atoms with E-state index in [-0.39, 0.29) is 6.10 Å². The summed E-state index contributed by atoms with van der Waals surface area (Å²) in [5, 5.41) is 12.9. The summed E-state index contributed by atoms with van der Waals surface area (Å²) in [6.07, 6.45) is 2.75. The van der Waals surface area contributed by atoms with Gasteiger partial charge >= 0.3 is 0 Å². The van der Waals surface area contributed by atoms with Gasteiger partial charge in [-0.05, 0) is 32.7 Å². The highest BCUT2D eigenvalue weighted by Gasteiger charge is 2.12. The molecule has 0 aliphatic rings. The highest BCUT2D eigenvalue weighted by atomic mass is 32.2. The van der Waals surface area contributed by atoms with Crippen molar-refractivity contribution < 1.29 is 5.11 Å². The second kappa shape index (κ2) is 8.37. The van der Waals surface area contributed by atoms with Crippen LogP contribution in [0.15, 0.2) is 0 Å². The maximum Gasteiger partial charge on any atom is 0.0538 e. The topological polar surface area (TPSA) is 32.3 Å². The number of aliphatic hydroxyl groups is 1. The number of nitrogens with one attached hydrogen (secondary N) is 1. The molecule has 98 valence electrons. The second-order valence-electron chi connectivity index (χ2n) is 5.48. The van der Waals surface area contributed by atoms with Crippen molar-refractivity contribution in [1.29, 1.82) is 0 Å². The smallest absolute Gasteiger partial charge is 0.0538 e. The van der Waals surface area contributed by atoms with Crippen LogP contribution in [0.2, 0.25) is 0 Å². The number of aliphatic hydroxyl groups excluding tert-OH is 1. The van der Waals surface area contributed by atoms with Crippen LogP contribution in [0.5, 0.6) is 0 Å². The van der Waals surface area contributed by atoms with Crippen molar-refractivity contribution >= 4 is 11.8 Å². The van der Waals surface area contributed by atoms with Crippen molar-refractivity contribution in [3.63, 3.8) is 0 Å². The molecule has 0 heterocycles. The van der Waals surface area contributed by atoms with Gasteiger partial charge in [0.15, 0.2) is 0 Å². The van der Waals surface area contributed by atoms with Crippen molar-refractivity contribution in [3.8, 4) is 0 Å². The standard InChI is InChI=1S/C13H29NOS/c1-6-12(15)8-7-9-14-11(2)10-16-13(3,4)5/h11-12,14-15H,6-10H2,1-5H3. The van der Waals surface area contributed by atoms with Crippen molar-refractivity contribution in [3.05, 3.63) is 0 Å². The monoisotopic (exact) mass is 247 g/mol. The van der Waals surface area contributed by atoms with E-state index in [4.69, 9.17) is 0 Å². The summed E-state index contributed by atoms with van der Waals surface area (Å²) in [6, 6.07) is 0.558. The molecule has 0 rings (SSSR count). The molecular formula is C13H29NOS. The predicted octanol–water partition coefficient (Wildman–Crippen LogP) is 3.05. The third-order valence-corrected chi connectivity index (χ3v) is 3.98. The molecule has 0 saturated carbocycles. The molecule has 16 heavy (non-hydrogen) atoms. The minimum atomic E-state index is -0.110. The Balaban J connectivity index is 3.40. The molecule has 0 aromatic rings. The molecule has 3 heteroatoms. The van der Waals surface area contributed by atoms with E-state index >= 15 is 0 Å². The van der Waals surface area contributed by atoms with Gasteiger partial charge in [0.1, 0.15) is 0 Å². The van der Waals surface area contributed by atoms with Gasteiger partial charge in [-0.3, -0.25) is 0 Å². The summed E-state index contributed by atoms with van der Waals surface area (Å²) in [7, 11) is 0. The molecule has 0 amide bonds. The van der Waals surface area contributed by atoms with Crippen molar-refractivity contribution in [2.45, 2.75) is 70.8 Å². The van der Waals surface area contributed by atoms with Gasteiger partial charge < -0.3 is 10.4 Å². The number of hydrogen-bond acceptors (Lipinski definition) is 3. The van der Waals surface area contributed by atoms with E-state index in [1.807, 2.05) is 18.7 Å². The van der Waals surface area contributed by atoms with Crippen LogP contribution < -0.4 is 5.32 Å². The maximum atomic E-state index is 9.40. The van der Waals surface area contributed by atoms with Crippen LogP contribution in [0.1, 0.15) is 53.9 Å². The van der Waals surface area contributed by atoms with Gasteiger partial charge in [-0.2, -0.15) is 11.8 Å². The molecule has 0 bridgehead atoms. The molecule has 0 radical (unpaired) electrons. The minimum Gasteiger partial charge on any atom is -0.393 e. The van der Waals surface area contributed by atoms with Gasteiger partial charge in [0, 0.05) is 16.5 Å². The van der Waals surface area contributed by atoms with E-state index < -0.39 is 0 Å². The zero-order valence-electron chi connectivity index (χ0n) is 11.5. The molecule has 2 unspecified atom stereocenters. The molecular weight excluding hydrogens is 218 g/mol. The first-order valence-corrected chi connectivity index (χ1v) is 7.39. The second-order valence-corrected chi connectivity index (χ2v) is 7.33. The molecule has 2 atom stereocenters. The van der Waals surface area contributed by atoms with Crippen molar-refractivity contribution in [1.82, 2.24) is 5.32 Å². The Morgan fingerprint density at radius 1 is 1.31 bits per heavy atom. The van der Waals surface area contributed by atoms with Crippen molar-refractivity contribution in [2.24, 2.45) is 0 Å². The molecule has 2 N–H and O–H groups in total. The van der Waals surface area contributed by atoms with Gasteiger partial charge in [-0.25, -0.2) is 0 Å². The normalized spacial score (nSPS) is 16.1. The lowest BCUT2D eigenvalue weighted by molar-refractivity contribution is 0.157. The Kier molecular flexibility index (Phi) is 8.52. The largest absolute Gasteiger partial charge is 0.393 e. The molecule has 0 spiro atoms. The van der Waals surface area contributed by atoms with Gasteiger partial charge in [-0.1, -0.05) is 27.7 Å². The first-order chi connectivity index (χ1) is 7.35. The fourth-order valence-electron chi connectivity index (χ4n) is 1.32. The average Bonchev–Trinajstić information content (AvgIpc) is 2.20. The highest BCUT2D eigenvalue weighted by molar-refractivity contribution is 8.00.